The predicted octanol–water partition coefficient (Wildman–Crippen LogP) is 3.03. The Morgan fingerprint density at radius 2 is 1.68 bits per heavy atom. The first kappa shape index (κ1) is 13.1. The molecule has 1 amide bonds. The lowest BCUT2D eigenvalue weighted by atomic mass is 10.2. The number of hydrogen-bond donors (Lipinski definition) is 1. The van der Waals surface area contributed by atoms with Gasteiger partial charge in [-0.2, -0.15) is 0 Å². The predicted molar refractivity (Wildman–Crippen MR) is 72.9 cm³/mol. The average molecular weight is 274 g/mol. The monoisotopic (exact) mass is 274 g/mol. The number of nitrogens with one attached hydrogen (secondary N) is 1. The molecule has 0 heterocycles. The van der Waals surface area contributed by atoms with Crippen molar-refractivity contribution in [3.63, 3.8) is 0 Å². The number of amides is 1. The second-order valence-electron chi connectivity index (χ2n) is 3.62. The van der Waals surface area contributed by atoms with E-state index in [2.05, 4.69) is 4.72 Å². The molecule has 0 aliphatic rings. The summed E-state index contributed by atoms with van der Waals surface area (Å²) in [7, 11) is 0. The summed E-state index contributed by atoms with van der Waals surface area (Å²) in [6.07, 6.45) is 0. The van der Waals surface area contributed by atoms with Crippen molar-refractivity contribution in [2.24, 2.45) is 0 Å². The summed E-state index contributed by atoms with van der Waals surface area (Å²) >= 11 is 0.937. The van der Waals surface area contributed by atoms with E-state index in [1.54, 1.807) is 42.5 Å². The zero-order valence-corrected chi connectivity index (χ0v) is 10.6. The first-order valence-electron chi connectivity index (χ1n) is 5.44. The molecule has 0 saturated heterocycles. The lowest BCUT2D eigenvalue weighted by molar-refractivity contribution is -0.387. The molecule has 0 bridgehead atoms. The largest absolute Gasteiger partial charge is 0.292 e. The molecule has 2 aromatic carbocycles. The minimum Gasteiger partial charge on any atom is -0.292 e. The molecular weight excluding hydrogens is 264 g/mol. The molecule has 0 aromatic heterocycles. The third kappa shape index (κ3) is 3.32. The van der Waals surface area contributed by atoms with Crippen LogP contribution in [0.1, 0.15) is 10.4 Å². The SMILES string of the molecule is O=C(NSc1ccccc1[N+](=O)[O-])c1ccccc1. The van der Waals surface area contributed by atoms with Gasteiger partial charge < -0.3 is 0 Å². The van der Waals surface area contributed by atoms with Crippen LogP contribution in [-0.2, 0) is 0 Å². The van der Waals surface area contributed by atoms with Crippen LogP contribution in [0.5, 0.6) is 0 Å². The summed E-state index contributed by atoms with van der Waals surface area (Å²) in [5.41, 5.74) is 0.481. The number of nitro benzene ring substituents is 1. The lowest BCUT2D eigenvalue weighted by Gasteiger charge is -2.04. The van der Waals surface area contributed by atoms with Crippen molar-refractivity contribution in [2.45, 2.75) is 4.90 Å². The minimum absolute atomic E-state index is 0.0270. The normalized spacial score (nSPS) is 9.89. The molecule has 0 atom stereocenters. The molecule has 2 rings (SSSR count). The van der Waals surface area contributed by atoms with Crippen LogP contribution in [0.2, 0.25) is 0 Å². The van der Waals surface area contributed by atoms with Gasteiger partial charge in [0.15, 0.2) is 0 Å². The maximum atomic E-state index is 11.8. The number of para-hydroxylation sites is 1. The summed E-state index contributed by atoms with van der Waals surface area (Å²) in [5, 5.41) is 10.8. The number of hydrogen-bond acceptors (Lipinski definition) is 4. The summed E-state index contributed by atoms with van der Waals surface area (Å²) < 4.78 is 2.58. The van der Waals surface area contributed by atoms with E-state index in [4.69, 9.17) is 0 Å². The van der Waals surface area contributed by atoms with Crippen LogP contribution in [0.15, 0.2) is 59.5 Å². The standard InChI is InChI=1S/C13H10N2O3S/c16-13(10-6-2-1-3-7-10)14-19-12-9-5-4-8-11(12)15(17)18/h1-9H,(H,14,16). The third-order valence-electron chi connectivity index (χ3n) is 2.35. The van der Waals surface area contributed by atoms with E-state index >= 15 is 0 Å². The van der Waals surface area contributed by atoms with E-state index in [1.807, 2.05) is 6.07 Å². The van der Waals surface area contributed by atoms with Crippen molar-refractivity contribution >= 4 is 23.5 Å². The molecule has 0 saturated carbocycles. The molecule has 5 nitrogen and oxygen atoms in total. The van der Waals surface area contributed by atoms with Gasteiger partial charge in [-0.3, -0.25) is 19.6 Å². The van der Waals surface area contributed by atoms with Crippen molar-refractivity contribution in [3.05, 3.63) is 70.3 Å². The Labute approximate surface area is 113 Å². The van der Waals surface area contributed by atoms with Gasteiger partial charge in [0.2, 0.25) is 0 Å². The highest BCUT2D eigenvalue weighted by molar-refractivity contribution is 7.98. The average Bonchev–Trinajstić information content (AvgIpc) is 2.46. The Morgan fingerprint density at radius 3 is 2.37 bits per heavy atom. The molecule has 0 fully saturated rings. The van der Waals surface area contributed by atoms with Crippen molar-refractivity contribution < 1.29 is 9.72 Å². The fourth-order valence-electron chi connectivity index (χ4n) is 1.44. The minimum atomic E-state index is -0.475. The summed E-state index contributed by atoms with van der Waals surface area (Å²) in [5.74, 6) is -0.288. The molecule has 0 spiro atoms. The number of nitrogens with zero attached hydrogens (tertiary/aromatic N) is 1. The Hall–Kier alpha value is -2.34. The number of carbonyl (C=O) groups excluding carboxylic acids is 1. The first-order valence-corrected chi connectivity index (χ1v) is 6.26. The Bertz CT molecular complexity index is 602. The highest BCUT2D eigenvalue weighted by atomic mass is 32.2. The zero-order chi connectivity index (χ0) is 13.7. The highest BCUT2D eigenvalue weighted by Crippen LogP contribution is 2.26. The Kier molecular flexibility index (Phi) is 4.15. The maximum absolute atomic E-state index is 11.8. The zero-order valence-electron chi connectivity index (χ0n) is 9.78. The molecule has 96 valence electrons. The Balaban J connectivity index is 2.07. The van der Waals surface area contributed by atoms with Crippen molar-refractivity contribution in [1.29, 1.82) is 0 Å². The number of carbonyl (C=O) groups is 1. The Morgan fingerprint density at radius 1 is 1.05 bits per heavy atom. The van der Waals surface area contributed by atoms with E-state index in [1.165, 1.54) is 6.07 Å². The van der Waals surface area contributed by atoms with Gasteiger partial charge in [0, 0.05) is 11.6 Å². The van der Waals surface area contributed by atoms with Crippen molar-refractivity contribution in [3.8, 4) is 0 Å². The van der Waals surface area contributed by atoms with Crippen molar-refractivity contribution in [1.82, 2.24) is 4.72 Å². The second-order valence-corrected chi connectivity index (χ2v) is 4.47. The van der Waals surface area contributed by atoms with Crippen LogP contribution < -0.4 is 4.72 Å². The van der Waals surface area contributed by atoms with Gasteiger partial charge in [0.25, 0.3) is 11.6 Å². The molecular formula is C13H10N2O3S. The van der Waals surface area contributed by atoms with E-state index in [-0.39, 0.29) is 11.6 Å². The van der Waals surface area contributed by atoms with Gasteiger partial charge in [-0.1, -0.05) is 30.3 Å². The second kappa shape index (κ2) is 6.01. The molecule has 6 heteroatoms. The van der Waals surface area contributed by atoms with Crippen LogP contribution >= 0.6 is 11.9 Å². The molecule has 19 heavy (non-hydrogen) atoms. The molecule has 0 radical (unpaired) electrons. The van der Waals surface area contributed by atoms with E-state index in [9.17, 15) is 14.9 Å². The van der Waals surface area contributed by atoms with Crippen LogP contribution in [0.3, 0.4) is 0 Å². The topological polar surface area (TPSA) is 72.2 Å². The summed E-state index contributed by atoms with van der Waals surface area (Å²) in [4.78, 5) is 22.5. The number of nitro groups is 1. The molecule has 0 aliphatic heterocycles. The fourth-order valence-corrected chi connectivity index (χ4v) is 2.16. The molecule has 0 aliphatic carbocycles. The first-order chi connectivity index (χ1) is 9.18. The van der Waals surface area contributed by atoms with Gasteiger partial charge in [0.1, 0.15) is 4.90 Å². The number of benzene rings is 2. The summed E-state index contributed by atoms with van der Waals surface area (Å²) in [6.45, 7) is 0. The van der Waals surface area contributed by atoms with Crippen LogP contribution in [0.25, 0.3) is 0 Å². The molecule has 1 N–H and O–H groups in total. The van der Waals surface area contributed by atoms with E-state index in [0.717, 1.165) is 11.9 Å². The summed E-state index contributed by atoms with van der Waals surface area (Å²) in [6, 6.07) is 14.9. The van der Waals surface area contributed by atoms with Gasteiger partial charge in [0.05, 0.1) is 4.92 Å². The van der Waals surface area contributed by atoms with Crippen molar-refractivity contribution in [2.75, 3.05) is 0 Å². The van der Waals surface area contributed by atoms with Gasteiger partial charge in [-0.05, 0) is 30.1 Å². The quantitative estimate of drug-likeness (QED) is 0.528. The van der Waals surface area contributed by atoms with Gasteiger partial charge >= 0.3 is 0 Å². The lowest BCUT2D eigenvalue weighted by Crippen LogP contribution is -2.15. The van der Waals surface area contributed by atoms with Gasteiger partial charge in [-0.15, -0.1) is 0 Å². The third-order valence-corrected chi connectivity index (χ3v) is 3.20. The highest BCUT2D eigenvalue weighted by Gasteiger charge is 2.14. The molecule has 2 aromatic rings. The number of rotatable bonds is 4. The van der Waals surface area contributed by atoms with Gasteiger partial charge in [-0.25, -0.2) is 0 Å². The van der Waals surface area contributed by atoms with Crippen LogP contribution in [0.4, 0.5) is 5.69 Å². The maximum Gasteiger partial charge on any atom is 0.284 e. The van der Waals surface area contributed by atoms with Crippen LogP contribution in [-0.4, -0.2) is 10.8 Å². The molecule has 0 unspecified atom stereocenters. The smallest absolute Gasteiger partial charge is 0.284 e. The van der Waals surface area contributed by atoms with Crippen LogP contribution in [0, 0.1) is 10.1 Å². The van der Waals surface area contributed by atoms with E-state index in [0.29, 0.717) is 10.5 Å². The fraction of sp³-hybridized carbons (Fsp3) is 0. The van der Waals surface area contributed by atoms with E-state index < -0.39 is 4.92 Å².